The van der Waals surface area contributed by atoms with E-state index in [4.69, 9.17) is 0 Å². The number of β-amino-alcohol motifs (C(OH)–C–C–N with tert-alkyl or cyclic N) is 1. The molecule has 1 N–H and O–H groups in total. The van der Waals surface area contributed by atoms with Crippen molar-refractivity contribution in [2.45, 2.75) is 44.1 Å². The third kappa shape index (κ3) is 4.39. The normalized spacial score (nSPS) is 25.7. The Morgan fingerprint density at radius 2 is 1.68 bits per heavy atom. The largest absolute Gasteiger partial charge is 0.389 e. The number of carbonyl (C=O) groups excluding carboxylic acids is 1. The highest BCUT2D eigenvalue weighted by molar-refractivity contribution is 5.92. The van der Waals surface area contributed by atoms with E-state index in [1.54, 1.807) is 12.3 Å². The van der Waals surface area contributed by atoms with Crippen LogP contribution in [0.25, 0.3) is 0 Å². The van der Waals surface area contributed by atoms with Crippen LogP contribution in [-0.4, -0.2) is 89.2 Å². The summed E-state index contributed by atoms with van der Waals surface area (Å²) in [6.07, 6.45) is 7.75. The summed E-state index contributed by atoms with van der Waals surface area (Å²) in [5, 5.41) is 11.2. The number of likely N-dealkylation sites (N-methyl/N-ethyl adjacent to an activating group) is 1. The minimum Gasteiger partial charge on any atom is -0.389 e. The van der Waals surface area contributed by atoms with Crippen LogP contribution >= 0.6 is 0 Å². The van der Waals surface area contributed by atoms with Crippen LogP contribution in [0.1, 0.15) is 49.0 Å². The van der Waals surface area contributed by atoms with Gasteiger partial charge in [-0.25, -0.2) is 0 Å². The molecule has 1 spiro atoms. The second kappa shape index (κ2) is 8.09. The van der Waals surface area contributed by atoms with Crippen molar-refractivity contribution in [2.24, 2.45) is 5.41 Å². The molecule has 0 atom stereocenters. The van der Waals surface area contributed by atoms with Crippen molar-refractivity contribution in [1.82, 2.24) is 19.7 Å². The standard InChI is InChI=1S/C22H34N4O2/c1-24-14-16-25(17-15-24)18-22(28)7-5-21(6-8-22)9-12-26(13-10-21)20(27)19-4-2-3-11-23-19/h2-4,11,28H,5-10,12-18H2,1H3. The first kappa shape index (κ1) is 19.8. The first-order chi connectivity index (χ1) is 13.5. The number of nitrogens with zero attached hydrogens (tertiary/aromatic N) is 4. The zero-order valence-electron chi connectivity index (χ0n) is 17.1. The van der Waals surface area contributed by atoms with Gasteiger partial charge in [-0.1, -0.05) is 6.07 Å². The van der Waals surface area contributed by atoms with Gasteiger partial charge in [0, 0.05) is 52.0 Å². The van der Waals surface area contributed by atoms with E-state index >= 15 is 0 Å². The lowest BCUT2D eigenvalue weighted by atomic mass is 9.64. The summed E-state index contributed by atoms with van der Waals surface area (Å²) >= 11 is 0. The van der Waals surface area contributed by atoms with Crippen molar-refractivity contribution in [2.75, 3.05) is 52.9 Å². The van der Waals surface area contributed by atoms with Gasteiger partial charge in [0.05, 0.1) is 5.60 Å². The summed E-state index contributed by atoms with van der Waals surface area (Å²) in [5.41, 5.74) is 0.334. The van der Waals surface area contributed by atoms with E-state index in [0.717, 1.165) is 84.3 Å². The summed E-state index contributed by atoms with van der Waals surface area (Å²) in [6.45, 7) is 6.77. The molecule has 6 nitrogen and oxygen atoms in total. The average Bonchev–Trinajstić information content (AvgIpc) is 2.73. The van der Waals surface area contributed by atoms with Crippen LogP contribution in [0.5, 0.6) is 0 Å². The number of aromatic nitrogens is 1. The third-order valence-corrected chi connectivity index (χ3v) is 7.35. The lowest BCUT2D eigenvalue weighted by Crippen LogP contribution is -2.54. The minimum atomic E-state index is -0.526. The summed E-state index contributed by atoms with van der Waals surface area (Å²) in [5.74, 6) is 0.0535. The Bertz CT molecular complexity index is 654. The van der Waals surface area contributed by atoms with E-state index in [0.29, 0.717) is 11.1 Å². The van der Waals surface area contributed by atoms with Gasteiger partial charge in [-0.2, -0.15) is 0 Å². The summed E-state index contributed by atoms with van der Waals surface area (Å²) in [7, 11) is 2.17. The van der Waals surface area contributed by atoms with Crippen LogP contribution < -0.4 is 0 Å². The molecule has 6 heteroatoms. The molecule has 28 heavy (non-hydrogen) atoms. The van der Waals surface area contributed by atoms with Gasteiger partial charge in [0.15, 0.2) is 0 Å². The average molecular weight is 387 g/mol. The number of hydrogen-bond acceptors (Lipinski definition) is 5. The highest BCUT2D eigenvalue weighted by Crippen LogP contribution is 2.47. The second-order valence-corrected chi connectivity index (χ2v) is 9.31. The van der Waals surface area contributed by atoms with Gasteiger partial charge in [-0.3, -0.25) is 14.7 Å². The third-order valence-electron chi connectivity index (χ3n) is 7.35. The van der Waals surface area contributed by atoms with E-state index in [-0.39, 0.29) is 5.91 Å². The maximum atomic E-state index is 12.6. The summed E-state index contributed by atoms with van der Waals surface area (Å²) in [4.78, 5) is 23.6. The number of pyridine rings is 1. The Morgan fingerprint density at radius 1 is 1.00 bits per heavy atom. The van der Waals surface area contributed by atoms with Crippen LogP contribution in [0.4, 0.5) is 0 Å². The number of carbonyl (C=O) groups is 1. The lowest BCUT2D eigenvalue weighted by molar-refractivity contribution is -0.0718. The van der Waals surface area contributed by atoms with Gasteiger partial charge in [0.1, 0.15) is 5.69 Å². The van der Waals surface area contributed by atoms with Gasteiger partial charge < -0.3 is 14.9 Å². The first-order valence-corrected chi connectivity index (χ1v) is 10.8. The molecule has 3 heterocycles. The number of rotatable bonds is 3. The monoisotopic (exact) mass is 386 g/mol. The van der Waals surface area contributed by atoms with Crippen molar-refractivity contribution in [3.63, 3.8) is 0 Å². The van der Waals surface area contributed by atoms with Gasteiger partial charge in [-0.15, -0.1) is 0 Å². The molecular formula is C22H34N4O2. The molecule has 0 aromatic carbocycles. The summed E-state index contributed by atoms with van der Waals surface area (Å²) in [6, 6.07) is 5.51. The Morgan fingerprint density at radius 3 is 2.29 bits per heavy atom. The molecule has 1 amide bonds. The van der Waals surface area contributed by atoms with Crippen LogP contribution in [0, 0.1) is 5.41 Å². The molecule has 2 aliphatic heterocycles. The molecule has 3 fully saturated rings. The predicted octanol–water partition coefficient (Wildman–Crippen LogP) is 1.86. The topological polar surface area (TPSA) is 59.9 Å². The molecule has 1 aromatic rings. The molecule has 1 saturated carbocycles. The van der Waals surface area contributed by atoms with Crippen LogP contribution in [0.15, 0.2) is 24.4 Å². The molecule has 0 bridgehead atoms. The van der Waals surface area contributed by atoms with Crippen molar-refractivity contribution in [3.8, 4) is 0 Å². The van der Waals surface area contributed by atoms with E-state index in [9.17, 15) is 9.90 Å². The summed E-state index contributed by atoms with van der Waals surface area (Å²) < 4.78 is 0. The predicted molar refractivity (Wildman–Crippen MR) is 109 cm³/mol. The smallest absolute Gasteiger partial charge is 0.272 e. The van der Waals surface area contributed by atoms with Crippen LogP contribution in [-0.2, 0) is 0 Å². The number of hydrogen-bond donors (Lipinski definition) is 1. The quantitative estimate of drug-likeness (QED) is 0.859. The lowest BCUT2D eigenvalue weighted by Gasteiger charge is -2.49. The Kier molecular flexibility index (Phi) is 5.72. The zero-order chi connectivity index (χ0) is 19.6. The highest BCUT2D eigenvalue weighted by atomic mass is 16.3. The van der Waals surface area contributed by atoms with Gasteiger partial charge in [0.2, 0.25) is 0 Å². The fourth-order valence-corrected chi connectivity index (χ4v) is 5.16. The Hall–Kier alpha value is -1.50. The maximum Gasteiger partial charge on any atom is 0.272 e. The molecule has 1 aromatic heterocycles. The van der Waals surface area contributed by atoms with E-state index in [2.05, 4.69) is 21.8 Å². The molecule has 2 saturated heterocycles. The number of piperazine rings is 1. The SMILES string of the molecule is CN1CCN(CC2(O)CCC3(CCN(C(=O)c4ccccn4)CC3)CC2)CC1. The van der Waals surface area contributed by atoms with E-state index in [1.165, 1.54) is 0 Å². The van der Waals surface area contributed by atoms with Gasteiger partial charge in [-0.05, 0) is 63.1 Å². The maximum absolute atomic E-state index is 12.6. The molecule has 1 aliphatic carbocycles. The van der Waals surface area contributed by atoms with Crippen molar-refractivity contribution in [1.29, 1.82) is 0 Å². The van der Waals surface area contributed by atoms with Crippen LogP contribution in [0.2, 0.25) is 0 Å². The second-order valence-electron chi connectivity index (χ2n) is 9.31. The molecule has 3 aliphatic rings. The van der Waals surface area contributed by atoms with Gasteiger partial charge >= 0.3 is 0 Å². The highest BCUT2D eigenvalue weighted by Gasteiger charge is 2.44. The van der Waals surface area contributed by atoms with E-state index < -0.39 is 5.60 Å². The number of likely N-dealkylation sites (tertiary alicyclic amines) is 1. The fraction of sp³-hybridized carbons (Fsp3) is 0.727. The molecule has 154 valence electrons. The molecule has 4 rings (SSSR count). The van der Waals surface area contributed by atoms with Crippen molar-refractivity contribution < 1.29 is 9.90 Å². The fourth-order valence-electron chi connectivity index (χ4n) is 5.16. The Balaban J connectivity index is 1.27. The van der Waals surface area contributed by atoms with Crippen LogP contribution in [0.3, 0.4) is 0 Å². The zero-order valence-corrected chi connectivity index (χ0v) is 17.1. The molecule has 0 radical (unpaired) electrons. The van der Waals surface area contributed by atoms with Crippen molar-refractivity contribution >= 4 is 5.91 Å². The number of aliphatic hydroxyl groups is 1. The molecular weight excluding hydrogens is 352 g/mol. The number of piperidine rings is 1. The van der Waals surface area contributed by atoms with Gasteiger partial charge in [0.25, 0.3) is 5.91 Å². The molecule has 0 unspecified atom stereocenters. The Labute approximate surface area is 168 Å². The van der Waals surface area contributed by atoms with Crippen molar-refractivity contribution in [3.05, 3.63) is 30.1 Å². The minimum absolute atomic E-state index is 0.0535. The number of amides is 1. The first-order valence-electron chi connectivity index (χ1n) is 10.8. The van der Waals surface area contributed by atoms with E-state index in [1.807, 2.05) is 17.0 Å².